The van der Waals surface area contributed by atoms with Crippen molar-refractivity contribution in [3.8, 4) is 12.3 Å². The Morgan fingerprint density at radius 2 is 2.12 bits per heavy atom. The number of fused-ring (bicyclic) bond motifs is 1. The number of thiazole rings is 1. The summed E-state index contributed by atoms with van der Waals surface area (Å²) < 4.78 is 2.38. The van der Waals surface area contributed by atoms with Crippen LogP contribution in [0.3, 0.4) is 0 Å². The number of halogens is 2. The molecule has 0 atom stereocenters. The van der Waals surface area contributed by atoms with Crippen molar-refractivity contribution in [3.05, 3.63) is 66.9 Å². The summed E-state index contributed by atoms with van der Waals surface area (Å²) >= 11 is 13.6. The molecule has 0 N–H and O–H groups in total. The minimum absolute atomic E-state index is 0.105. The maximum absolute atomic E-state index is 12.5. The van der Waals surface area contributed by atoms with Crippen LogP contribution in [0, 0.1) is 22.5 Å². The molecule has 1 aromatic heterocycles. The van der Waals surface area contributed by atoms with E-state index in [-0.39, 0.29) is 17.8 Å². The molecule has 1 heterocycles. The summed E-state index contributed by atoms with van der Waals surface area (Å²) in [5, 5.41) is 11.6. The van der Waals surface area contributed by atoms with Gasteiger partial charge in [0.15, 0.2) is 4.80 Å². The fourth-order valence-electron chi connectivity index (χ4n) is 2.33. The number of nitro groups is 1. The number of hydrogen-bond donors (Lipinski definition) is 0. The molecule has 3 rings (SSSR count). The Labute approximate surface area is 161 Å². The monoisotopic (exact) mass is 405 g/mol. The topological polar surface area (TPSA) is 77.5 Å². The Bertz CT molecular complexity index is 1160. The van der Waals surface area contributed by atoms with Crippen molar-refractivity contribution in [2.24, 2.45) is 4.99 Å². The molecule has 0 aliphatic heterocycles. The molecule has 0 saturated heterocycles. The van der Waals surface area contributed by atoms with Gasteiger partial charge in [0.05, 0.1) is 31.7 Å². The van der Waals surface area contributed by atoms with Gasteiger partial charge in [-0.1, -0.05) is 46.5 Å². The zero-order valence-corrected chi connectivity index (χ0v) is 15.3. The van der Waals surface area contributed by atoms with Crippen LogP contribution in [-0.4, -0.2) is 15.4 Å². The molecule has 0 radical (unpaired) electrons. The highest BCUT2D eigenvalue weighted by Gasteiger charge is 2.15. The molecule has 0 saturated carbocycles. The first-order chi connectivity index (χ1) is 12.4. The van der Waals surface area contributed by atoms with Crippen LogP contribution in [0.5, 0.6) is 0 Å². The van der Waals surface area contributed by atoms with Crippen LogP contribution in [0.2, 0.25) is 10.0 Å². The first-order valence-electron chi connectivity index (χ1n) is 7.16. The molecule has 0 bridgehead atoms. The molecule has 26 heavy (non-hydrogen) atoms. The minimum atomic E-state index is -0.617. The quantitative estimate of drug-likeness (QED) is 0.370. The first kappa shape index (κ1) is 18.1. The summed E-state index contributed by atoms with van der Waals surface area (Å²) in [7, 11) is 0. The fourth-order valence-corrected chi connectivity index (χ4v) is 3.84. The van der Waals surface area contributed by atoms with Crippen LogP contribution >= 0.6 is 34.5 Å². The molecule has 0 aliphatic carbocycles. The van der Waals surface area contributed by atoms with Gasteiger partial charge in [0.25, 0.3) is 11.6 Å². The second kappa shape index (κ2) is 7.30. The second-order valence-electron chi connectivity index (χ2n) is 5.11. The van der Waals surface area contributed by atoms with E-state index in [1.165, 1.54) is 35.6 Å². The molecule has 9 heteroatoms. The molecule has 0 spiro atoms. The van der Waals surface area contributed by atoms with Crippen molar-refractivity contribution in [2.75, 3.05) is 0 Å². The summed E-state index contributed by atoms with van der Waals surface area (Å²) in [6.07, 6.45) is 5.42. The van der Waals surface area contributed by atoms with Gasteiger partial charge >= 0.3 is 0 Å². The van der Waals surface area contributed by atoms with Crippen LogP contribution in [-0.2, 0) is 6.54 Å². The largest absolute Gasteiger partial charge is 0.303 e. The number of amides is 1. The number of hydrogen-bond acceptors (Lipinski definition) is 4. The van der Waals surface area contributed by atoms with Crippen LogP contribution in [0.15, 0.2) is 41.4 Å². The lowest BCUT2D eigenvalue weighted by Gasteiger charge is -2.03. The van der Waals surface area contributed by atoms with Crippen LogP contribution in [0.25, 0.3) is 10.2 Å². The smallest absolute Gasteiger partial charge is 0.279 e. The first-order valence-corrected chi connectivity index (χ1v) is 8.74. The number of benzene rings is 2. The molecule has 0 aliphatic rings. The van der Waals surface area contributed by atoms with Gasteiger partial charge < -0.3 is 4.57 Å². The van der Waals surface area contributed by atoms with Gasteiger partial charge in [0, 0.05) is 17.7 Å². The van der Waals surface area contributed by atoms with Crippen molar-refractivity contribution < 1.29 is 9.72 Å². The number of rotatable bonds is 3. The molecule has 3 aromatic rings. The average Bonchev–Trinajstić information content (AvgIpc) is 2.96. The zero-order chi connectivity index (χ0) is 18.8. The van der Waals surface area contributed by atoms with E-state index in [9.17, 15) is 14.9 Å². The fraction of sp³-hybridized carbons (Fsp3) is 0.0588. The summed E-state index contributed by atoms with van der Waals surface area (Å²) in [6, 6.07) is 8.78. The maximum Gasteiger partial charge on any atom is 0.279 e. The van der Waals surface area contributed by atoms with Gasteiger partial charge in [-0.05, 0) is 18.2 Å². The molecule has 6 nitrogen and oxygen atoms in total. The van der Waals surface area contributed by atoms with Crippen LogP contribution < -0.4 is 4.80 Å². The molecule has 0 fully saturated rings. The van der Waals surface area contributed by atoms with Gasteiger partial charge in [-0.2, -0.15) is 4.99 Å². The van der Waals surface area contributed by atoms with Gasteiger partial charge in [-0.25, -0.2) is 0 Å². The highest BCUT2D eigenvalue weighted by Crippen LogP contribution is 2.32. The van der Waals surface area contributed by atoms with E-state index < -0.39 is 10.8 Å². The Morgan fingerprint density at radius 3 is 2.81 bits per heavy atom. The number of terminal acetylenes is 1. The number of non-ortho nitro benzene ring substituents is 1. The third kappa shape index (κ3) is 3.35. The van der Waals surface area contributed by atoms with Crippen LogP contribution in [0.1, 0.15) is 10.4 Å². The summed E-state index contributed by atoms with van der Waals surface area (Å²) in [6.45, 7) is 0.140. The molecule has 130 valence electrons. The van der Waals surface area contributed by atoms with Gasteiger partial charge in [-0.15, -0.1) is 6.42 Å². The molecule has 1 amide bonds. The highest BCUT2D eigenvalue weighted by molar-refractivity contribution is 7.16. The molecular formula is C17H9Cl2N3O3S. The number of nitro benzene ring substituents is 1. The number of carbonyl (C=O) groups excluding carboxylic acids is 1. The third-order valence-corrected chi connectivity index (χ3v) is 5.32. The maximum atomic E-state index is 12.5. The summed E-state index contributed by atoms with van der Waals surface area (Å²) in [5.41, 5.74) is 0.509. The average molecular weight is 406 g/mol. The van der Waals surface area contributed by atoms with Crippen molar-refractivity contribution in [1.82, 2.24) is 4.57 Å². The van der Waals surface area contributed by atoms with E-state index in [0.717, 1.165) is 4.70 Å². The van der Waals surface area contributed by atoms with E-state index >= 15 is 0 Å². The Hall–Kier alpha value is -2.66. The predicted molar refractivity (Wildman–Crippen MR) is 102 cm³/mol. The molecule has 0 unspecified atom stereocenters. The van der Waals surface area contributed by atoms with E-state index in [0.29, 0.717) is 20.4 Å². The van der Waals surface area contributed by atoms with Crippen molar-refractivity contribution in [2.45, 2.75) is 6.54 Å². The Balaban J connectivity index is 2.18. The standard InChI is InChI=1S/C17H9Cl2N3O3S/c1-2-8-21-15-13(7-6-12(18)14(15)19)26-17(21)20-16(23)10-4-3-5-11(9-10)22(24)25/h1,3-7,9H,8H2. The van der Waals surface area contributed by atoms with Crippen LogP contribution in [0.4, 0.5) is 5.69 Å². The number of carbonyl (C=O) groups is 1. The number of nitrogens with zero attached hydrogens (tertiary/aromatic N) is 3. The zero-order valence-electron chi connectivity index (χ0n) is 13.0. The SMILES string of the molecule is C#CCn1c(=NC(=O)c2cccc([N+](=O)[O-])c2)sc2ccc(Cl)c(Cl)c21. The Morgan fingerprint density at radius 1 is 1.35 bits per heavy atom. The lowest BCUT2D eigenvalue weighted by molar-refractivity contribution is -0.384. The van der Waals surface area contributed by atoms with E-state index in [2.05, 4.69) is 10.9 Å². The molecule has 2 aromatic carbocycles. The lowest BCUT2D eigenvalue weighted by Crippen LogP contribution is -2.16. The second-order valence-corrected chi connectivity index (χ2v) is 6.90. The highest BCUT2D eigenvalue weighted by atomic mass is 35.5. The lowest BCUT2D eigenvalue weighted by atomic mass is 10.2. The predicted octanol–water partition coefficient (Wildman–Crippen LogP) is 4.29. The third-order valence-electron chi connectivity index (χ3n) is 3.48. The summed E-state index contributed by atoms with van der Waals surface area (Å²) in [5.74, 6) is 1.88. The van der Waals surface area contributed by atoms with Crippen molar-refractivity contribution in [1.29, 1.82) is 0 Å². The van der Waals surface area contributed by atoms with Gasteiger partial charge in [0.2, 0.25) is 0 Å². The van der Waals surface area contributed by atoms with Crippen molar-refractivity contribution in [3.63, 3.8) is 0 Å². The van der Waals surface area contributed by atoms with E-state index in [4.69, 9.17) is 29.6 Å². The normalized spacial score (nSPS) is 11.5. The van der Waals surface area contributed by atoms with Gasteiger partial charge in [0.1, 0.15) is 0 Å². The Kier molecular flexibility index (Phi) is 5.09. The van der Waals surface area contributed by atoms with E-state index in [1.54, 1.807) is 16.7 Å². The molecular weight excluding hydrogens is 397 g/mol. The van der Waals surface area contributed by atoms with Gasteiger partial charge in [-0.3, -0.25) is 14.9 Å². The minimum Gasteiger partial charge on any atom is -0.303 e. The van der Waals surface area contributed by atoms with Crippen molar-refractivity contribution >= 4 is 56.3 Å². The van der Waals surface area contributed by atoms with E-state index in [1.807, 2.05) is 0 Å². The summed E-state index contributed by atoms with van der Waals surface area (Å²) in [4.78, 5) is 27.2. The number of aromatic nitrogens is 1.